The maximum absolute atomic E-state index is 14.4. The van der Waals surface area contributed by atoms with Gasteiger partial charge in [-0.3, -0.25) is 18.9 Å². The molecule has 0 spiro atoms. The molecular weight excluding hydrogens is 925 g/mol. The summed E-state index contributed by atoms with van der Waals surface area (Å²) < 4.78 is 50.1. The van der Waals surface area contributed by atoms with Gasteiger partial charge in [0.15, 0.2) is 15.9 Å². The number of nitrogens with two attached hydrogens (primary N) is 1. The number of sulfone groups is 1. The fraction of sp³-hybridized carbons (Fsp3) is 0.615. The zero-order chi connectivity index (χ0) is 35.6. The number of carbonyl (C=O) groups is 4. The first-order valence-electron chi connectivity index (χ1n) is 14.2. The van der Waals surface area contributed by atoms with E-state index >= 15 is 0 Å². The lowest BCUT2D eigenvalue weighted by atomic mass is 10.1. The average molecular weight is 965 g/mol. The Morgan fingerprint density at radius 3 is 1.83 bits per heavy atom. The minimum atomic E-state index is -4.22. The Morgan fingerprint density at radius 2 is 1.38 bits per heavy atom. The van der Waals surface area contributed by atoms with Gasteiger partial charge in [0, 0.05) is 53.9 Å². The quantitative estimate of drug-likeness (QED) is 0.0702. The van der Waals surface area contributed by atoms with Crippen LogP contribution >= 0.6 is 71.4 Å². The number of benzene rings is 1. The number of carboxylic acids is 2. The summed E-state index contributed by atoms with van der Waals surface area (Å²) in [6.07, 6.45) is -0.746. The van der Waals surface area contributed by atoms with Crippen molar-refractivity contribution in [1.82, 2.24) is 20.0 Å². The van der Waals surface area contributed by atoms with Crippen molar-refractivity contribution in [2.45, 2.75) is 31.0 Å². The van der Waals surface area contributed by atoms with Crippen molar-refractivity contribution in [3.8, 4) is 0 Å². The summed E-state index contributed by atoms with van der Waals surface area (Å²) in [6, 6.07) is 2.96. The molecule has 15 nitrogen and oxygen atoms in total. The number of carbonyl (C=O) groups excluding carboxylic acids is 2. The third-order valence-corrected chi connectivity index (χ3v) is 12.3. The van der Waals surface area contributed by atoms with E-state index in [9.17, 15) is 37.3 Å². The SMILES string of the molecule is NC(CCC(=O)NC(CS(=O)(=O)CCOP(=O)(N(CCBr)CCBr)N(CCBr)CCBr)C(=O)NC(C(=O)O)c1ccccc1)C(=O)O. The molecule has 3 atom stereocenters. The lowest BCUT2D eigenvalue weighted by Crippen LogP contribution is -2.52. The Morgan fingerprint density at radius 1 is 0.872 bits per heavy atom. The molecule has 21 heteroatoms. The minimum Gasteiger partial charge on any atom is -0.480 e. The van der Waals surface area contributed by atoms with Gasteiger partial charge in [-0.05, 0) is 12.0 Å². The van der Waals surface area contributed by atoms with Crippen molar-refractivity contribution in [2.24, 2.45) is 5.73 Å². The largest absolute Gasteiger partial charge is 0.480 e. The first-order chi connectivity index (χ1) is 22.1. The van der Waals surface area contributed by atoms with Crippen LogP contribution in [-0.4, -0.2) is 129 Å². The van der Waals surface area contributed by atoms with Crippen LogP contribution in [0.4, 0.5) is 0 Å². The number of halogens is 4. The average Bonchev–Trinajstić information content (AvgIpc) is 3.01. The highest BCUT2D eigenvalue weighted by Crippen LogP contribution is 2.54. The first-order valence-corrected chi connectivity index (χ1v) is 22.0. The maximum Gasteiger partial charge on any atom is 0.346 e. The number of nitrogens with one attached hydrogen (secondary N) is 2. The molecule has 47 heavy (non-hydrogen) atoms. The van der Waals surface area contributed by atoms with Crippen molar-refractivity contribution in [3.05, 3.63) is 35.9 Å². The predicted octanol–water partition coefficient (Wildman–Crippen LogP) is 2.33. The second-order valence-corrected chi connectivity index (χ2v) is 17.7. The third kappa shape index (κ3) is 15.6. The molecule has 0 heterocycles. The summed E-state index contributed by atoms with van der Waals surface area (Å²) in [7, 11) is -7.97. The summed E-state index contributed by atoms with van der Waals surface area (Å²) in [5.74, 6) is -6.39. The van der Waals surface area contributed by atoms with E-state index < -0.39 is 83.9 Å². The van der Waals surface area contributed by atoms with Crippen LogP contribution in [0, 0.1) is 0 Å². The number of rotatable bonds is 25. The molecule has 268 valence electrons. The number of alkyl halides is 4. The van der Waals surface area contributed by atoms with Gasteiger partial charge in [-0.25, -0.2) is 22.6 Å². The number of hydrogen-bond acceptors (Lipinski definition) is 9. The number of hydrogen-bond donors (Lipinski definition) is 5. The topological polar surface area (TPSA) is 226 Å². The van der Waals surface area contributed by atoms with E-state index in [1.807, 2.05) is 0 Å². The number of aliphatic carboxylic acids is 2. The van der Waals surface area contributed by atoms with Crippen molar-refractivity contribution < 1.29 is 46.9 Å². The summed E-state index contributed by atoms with van der Waals surface area (Å²) >= 11 is 13.4. The molecule has 0 aliphatic carbocycles. The molecule has 3 unspecified atom stereocenters. The molecule has 1 aromatic carbocycles. The lowest BCUT2D eigenvalue weighted by molar-refractivity contribution is -0.142. The van der Waals surface area contributed by atoms with Gasteiger partial charge < -0.3 is 31.1 Å². The van der Waals surface area contributed by atoms with Crippen molar-refractivity contribution in [2.75, 3.05) is 65.6 Å². The summed E-state index contributed by atoms with van der Waals surface area (Å²) in [4.78, 5) is 49.0. The molecule has 6 N–H and O–H groups in total. The van der Waals surface area contributed by atoms with Crippen LogP contribution in [0.15, 0.2) is 30.3 Å². The van der Waals surface area contributed by atoms with Gasteiger partial charge in [0.25, 0.3) is 0 Å². The van der Waals surface area contributed by atoms with Crippen LogP contribution in [0.2, 0.25) is 0 Å². The highest BCUT2D eigenvalue weighted by atomic mass is 79.9. The van der Waals surface area contributed by atoms with Gasteiger partial charge in [0.1, 0.15) is 12.1 Å². The zero-order valence-corrected chi connectivity index (χ0v) is 33.4. The maximum atomic E-state index is 14.4. The Kier molecular flexibility index (Phi) is 21.3. The molecule has 0 aliphatic heterocycles. The van der Waals surface area contributed by atoms with Crippen LogP contribution in [0.1, 0.15) is 24.4 Å². The zero-order valence-electron chi connectivity index (χ0n) is 25.3. The highest BCUT2D eigenvalue weighted by Gasteiger charge is 2.39. The van der Waals surface area contributed by atoms with Crippen LogP contribution in [0.5, 0.6) is 0 Å². The monoisotopic (exact) mass is 961 g/mol. The van der Waals surface area contributed by atoms with Crippen LogP contribution < -0.4 is 16.4 Å². The summed E-state index contributed by atoms with van der Waals surface area (Å²) in [6.45, 7) is 0.829. The van der Waals surface area contributed by atoms with Gasteiger partial charge in [-0.1, -0.05) is 94.1 Å². The van der Waals surface area contributed by atoms with E-state index in [1.165, 1.54) is 12.1 Å². The fourth-order valence-corrected chi connectivity index (χ4v) is 10.7. The lowest BCUT2D eigenvalue weighted by Gasteiger charge is -2.37. The van der Waals surface area contributed by atoms with Gasteiger partial charge in [0.2, 0.25) is 11.8 Å². The van der Waals surface area contributed by atoms with Crippen LogP contribution in [0.3, 0.4) is 0 Å². The molecule has 0 bridgehead atoms. The minimum absolute atomic E-state index is 0.200. The normalized spacial score (nSPS) is 14.0. The van der Waals surface area contributed by atoms with Crippen molar-refractivity contribution in [1.29, 1.82) is 0 Å². The van der Waals surface area contributed by atoms with Gasteiger partial charge >= 0.3 is 19.6 Å². The Balaban J connectivity index is 3.26. The molecule has 1 rings (SSSR count). The van der Waals surface area contributed by atoms with E-state index in [1.54, 1.807) is 27.5 Å². The van der Waals surface area contributed by atoms with Gasteiger partial charge in [-0.15, -0.1) is 0 Å². The third-order valence-electron chi connectivity index (χ3n) is 6.48. The second kappa shape index (κ2) is 22.7. The van der Waals surface area contributed by atoms with E-state index in [-0.39, 0.29) is 12.0 Å². The molecule has 0 aromatic heterocycles. The Bertz CT molecular complexity index is 1290. The standard InChI is InChI=1S/C26H40Br4N5O10PS/c27-8-12-34(13-9-28)46(42,35(14-10-29)15-11-30)45-16-17-47(43,44)18-21(32-22(36)7-6-20(31)25(38)39)24(37)33-23(26(40)41)19-4-2-1-3-5-19/h1-5,20-21,23H,6-18,31H2,(H,32,36)(H,33,37)(H,38,39)(H,40,41). The number of nitrogens with zero attached hydrogens (tertiary/aromatic N) is 2. The molecule has 0 saturated carbocycles. The first kappa shape index (κ1) is 44.1. The van der Waals surface area contributed by atoms with Crippen LogP contribution in [-0.2, 0) is 38.1 Å². The second-order valence-electron chi connectivity index (χ2n) is 9.90. The molecule has 0 radical (unpaired) electrons. The molecule has 0 saturated heterocycles. The van der Waals surface area contributed by atoms with Crippen molar-refractivity contribution in [3.63, 3.8) is 0 Å². The highest BCUT2D eigenvalue weighted by molar-refractivity contribution is 9.09. The summed E-state index contributed by atoms with van der Waals surface area (Å²) in [5, 5.41) is 25.2. The molecule has 0 aliphatic rings. The number of amides is 2. The number of carboxylic acid groups (broad SMARTS) is 2. The Hall–Kier alpha value is -0.960. The summed E-state index contributed by atoms with van der Waals surface area (Å²) in [5.41, 5.74) is 5.65. The van der Waals surface area contributed by atoms with Crippen LogP contribution in [0.25, 0.3) is 0 Å². The van der Waals surface area contributed by atoms with E-state index in [4.69, 9.17) is 15.4 Å². The van der Waals surface area contributed by atoms with E-state index in [0.29, 0.717) is 47.5 Å². The molecule has 1 aromatic rings. The molecule has 0 fully saturated rings. The van der Waals surface area contributed by atoms with E-state index in [2.05, 4.69) is 74.4 Å². The Labute approximate surface area is 308 Å². The van der Waals surface area contributed by atoms with E-state index in [0.717, 1.165) is 0 Å². The predicted molar refractivity (Wildman–Crippen MR) is 192 cm³/mol. The van der Waals surface area contributed by atoms with Crippen molar-refractivity contribution >= 4 is 105 Å². The fourth-order valence-electron chi connectivity index (χ4n) is 4.12. The van der Waals surface area contributed by atoms with Gasteiger partial charge in [-0.2, -0.15) is 0 Å². The smallest absolute Gasteiger partial charge is 0.346 e. The molecular formula is C26H40Br4N5O10PS. The van der Waals surface area contributed by atoms with Gasteiger partial charge in [0.05, 0.1) is 18.1 Å². The molecule has 2 amide bonds.